The molecule has 1 heterocycles. The van der Waals surface area contributed by atoms with Crippen LogP contribution >= 0.6 is 24.0 Å². The summed E-state index contributed by atoms with van der Waals surface area (Å²) >= 11 is 0. The molecule has 0 fully saturated rings. The third-order valence-corrected chi connectivity index (χ3v) is 5.32. The summed E-state index contributed by atoms with van der Waals surface area (Å²) in [5.74, 6) is 3.25. The highest BCUT2D eigenvalue weighted by atomic mass is 127. The van der Waals surface area contributed by atoms with E-state index < -0.39 is 0 Å². The number of benzene rings is 1. The first-order valence-electron chi connectivity index (χ1n) is 10.5. The van der Waals surface area contributed by atoms with E-state index in [4.69, 9.17) is 4.99 Å². The van der Waals surface area contributed by atoms with Gasteiger partial charge in [0.1, 0.15) is 12.4 Å². The van der Waals surface area contributed by atoms with E-state index in [0.717, 1.165) is 24.2 Å². The number of rotatable bonds is 10. The fourth-order valence-corrected chi connectivity index (χ4v) is 3.11. The molecular formula is C22H37IN6. The summed E-state index contributed by atoms with van der Waals surface area (Å²) in [6, 6.07) is 10.6. The maximum Gasteiger partial charge on any atom is 0.192 e. The molecule has 0 aliphatic rings. The first kappa shape index (κ1) is 25.4. The standard InChI is InChI=1S/C22H36N6.HI/c1-6-8-12-19(7-2)15-23-22(24-16-21-27-26-18(4)28(21)5)25-17(3)20-13-10-9-11-14-20;/h9-11,13-14,17,19H,6-8,12,15-16H2,1-5H3,(H2,23,24,25);1H. The van der Waals surface area contributed by atoms with Gasteiger partial charge in [-0.2, -0.15) is 0 Å². The van der Waals surface area contributed by atoms with Crippen LogP contribution in [0.1, 0.15) is 69.7 Å². The van der Waals surface area contributed by atoms with Crippen LogP contribution in [0.25, 0.3) is 0 Å². The highest BCUT2D eigenvalue weighted by molar-refractivity contribution is 14.0. The first-order valence-corrected chi connectivity index (χ1v) is 10.5. The Morgan fingerprint density at radius 2 is 1.90 bits per heavy atom. The Morgan fingerprint density at radius 3 is 2.48 bits per heavy atom. The summed E-state index contributed by atoms with van der Waals surface area (Å²) in [5, 5.41) is 15.5. The molecule has 2 aromatic rings. The third-order valence-electron chi connectivity index (χ3n) is 5.32. The van der Waals surface area contributed by atoms with Crippen LogP contribution in [-0.4, -0.2) is 27.3 Å². The van der Waals surface area contributed by atoms with Crippen molar-refractivity contribution in [3.8, 4) is 0 Å². The summed E-state index contributed by atoms with van der Waals surface area (Å²) in [4.78, 5) is 4.79. The van der Waals surface area contributed by atoms with Crippen molar-refractivity contribution < 1.29 is 0 Å². The van der Waals surface area contributed by atoms with Gasteiger partial charge in [0, 0.05) is 13.6 Å². The van der Waals surface area contributed by atoms with Crippen LogP contribution in [0, 0.1) is 12.8 Å². The van der Waals surface area contributed by atoms with Crippen LogP contribution in [0.5, 0.6) is 0 Å². The summed E-state index contributed by atoms with van der Waals surface area (Å²) in [6.07, 6.45) is 4.95. The molecule has 0 radical (unpaired) electrons. The van der Waals surface area contributed by atoms with Crippen molar-refractivity contribution in [3.63, 3.8) is 0 Å². The Morgan fingerprint density at radius 1 is 1.17 bits per heavy atom. The number of aromatic nitrogens is 3. The molecule has 2 N–H and O–H groups in total. The Balaban J connectivity index is 0.00000420. The molecule has 0 saturated carbocycles. The molecule has 0 bridgehead atoms. The van der Waals surface area contributed by atoms with Crippen LogP contribution < -0.4 is 10.6 Å². The van der Waals surface area contributed by atoms with Crippen LogP contribution in [0.2, 0.25) is 0 Å². The molecule has 7 heteroatoms. The van der Waals surface area contributed by atoms with E-state index >= 15 is 0 Å². The molecule has 1 aromatic heterocycles. The number of nitrogens with one attached hydrogen (secondary N) is 2. The fourth-order valence-electron chi connectivity index (χ4n) is 3.11. The molecule has 2 rings (SSSR count). The van der Waals surface area contributed by atoms with Crippen molar-refractivity contribution in [2.75, 3.05) is 6.54 Å². The zero-order valence-electron chi connectivity index (χ0n) is 18.5. The second kappa shape index (κ2) is 13.6. The number of unbranched alkanes of at least 4 members (excludes halogenated alkanes) is 1. The van der Waals surface area contributed by atoms with E-state index in [1.807, 2.05) is 24.6 Å². The van der Waals surface area contributed by atoms with Gasteiger partial charge in [-0.05, 0) is 31.7 Å². The van der Waals surface area contributed by atoms with E-state index in [0.29, 0.717) is 12.5 Å². The summed E-state index contributed by atoms with van der Waals surface area (Å²) in [7, 11) is 1.98. The first-order chi connectivity index (χ1) is 13.5. The average Bonchev–Trinajstić information content (AvgIpc) is 3.04. The van der Waals surface area contributed by atoms with Gasteiger partial charge in [-0.25, -0.2) is 4.99 Å². The van der Waals surface area contributed by atoms with E-state index in [1.54, 1.807) is 0 Å². The minimum Gasteiger partial charge on any atom is -0.356 e. The van der Waals surface area contributed by atoms with Crippen molar-refractivity contribution in [3.05, 3.63) is 47.5 Å². The van der Waals surface area contributed by atoms with Crippen molar-refractivity contribution in [2.45, 2.75) is 66.0 Å². The second-order valence-corrected chi connectivity index (χ2v) is 7.46. The van der Waals surface area contributed by atoms with E-state index in [1.165, 1.54) is 31.2 Å². The molecule has 162 valence electrons. The van der Waals surface area contributed by atoms with E-state index in [9.17, 15) is 0 Å². The zero-order chi connectivity index (χ0) is 20.4. The minimum absolute atomic E-state index is 0. The monoisotopic (exact) mass is 512 g/mol. The minimum atomic E-state index is 0. The molecule has 0 aliphatic carbocycles. The van der Waals surface area contributed by atoms with E-state index in [-0.39, 0.29) is 30.0 Å². The maximum absolute atomic E-state index is 4.79. The number of aryl methyl sites for hydroxylation is 1. The molecule has 0 saturated heterocycles. The lowest BCUT2D eigenvalue weighted by Gasteiger charge is -2.21. The van der Waals surface area contributed by atoms with Crippen molar-refractivity contribution in [1.82, 2.24) is 25.4 Å². The van der Waals surface area contributed by atoms with Gasteiger partial charge >= 0.3 is 0 Å². The number of nitrogens with zero attached hydrogens (tertiary/aromatic N) is 4. The summed E-state index contributed by atoms with van der Waals surface area (Å²) in [5.41, 5.74) is 1.24. The third kappa shape index (κ3) is 8.32. The number of aliphatic imine (C=N–C) groups is 1. The van der Waals surface area contributed by atoms with Crippen molar-refractivity contribution in [2.24, 2.45) is 18.0 Å². The van der Waals surface area contributed by atoms with Gasteiger partial charge in [-0.15, -0.1) is 34.2 Å². The molecule has 0 spiro atoms. The fraction of sp³-hybridized carbons (Fsp3) is 0.591. The lowest BCUT2D eigenvalue weighted by atomic mass is 9.99. The number of halogens is 1. The summed E-state index contributed by atoms with van der Waals surface area (Å²) in [6.45, 7) is 10.1. The highest BCUT2D eigenvalue weighted by Gasteiger charge is 2.12. The second-order valence-electron chi connectivity index (χ2n) is 7.46. The predicted octanol–water partition coefficient (Wildman–Crippen LogP) is 4.75. The van der Waals surface area contributed by atoms with Gasteiger partial charge in [-0.1, -0.05) is 63.4 Å². The molecule has 6 nitrogen and oxygen atoms in total. The van der Waals surface area contributed by atoms with Gasteiger partial charge in [-0.3, -0.25) is 0 Å². The Labute approximate surface area is 193 Å². The van der Waals surface area contributed by atoms with Crippen molar-refractivity contribution in [1.29, 1.82) is 0 Å². The van der Waals surface area contributed by atoms with Gasteiger partial charge in [0.05, 0.1) is 6.04 Å². The molecular weight excluding hydrogens is 475 g/mol. The van der Waals surface area contributed by atoms with Gasteiger partial charge in [0.25, 0.3) is 0 Å². The lowest BCUT2D eigenvalue weighted by molar-refractivity contribution is 0.442. The number of hydrogen-bond donors (Lipinski definition) is 2. The average molecular weight is 512 g/mol. The largest absolute Gasteiger partial charge is 0.356 e. The smallest absolute Gasteiger partial charge is 0.192 e. The van der Waals surface area contributed by atoms with Crippen molar-refractivity contribution >= 4 is 29.9 Å². The van der Waals surface area contributed by atoms with Crippen LogP contribution in [0.4, 0.5) is 0 Å². The topological polar surface area (TPSA) is 67.1 Å². The molecule has 0 amide bonds. The molecule has 1 aromatic carbocycles. The quantitative estimate of drug-likeness (QED) is 0.274. The molecule has 2 atom stereocenters. The highest BCUT2D eigenvalue weighted by Crippen LogP contribution is 2.13. The lowest BCUT2D eigenvalue weighted by Crippen LogP contribution is -2.41. The Kier molecular flexibility index (Phi) is 11.9. The Bertz CT molecular complexity index is 728. The van der Waals surface area contributed by atoms with Gasteiger partial charge in [0.15, 0.2) is 11.8 Å². The normalized spacial score (nSPS) is 13.5. The molecule has 29 heavy (non-hydrogen) atoms. The van der Waals surface area contributed by atoms with Crippen LogP contribution in [-0.2, 0) is 13.6 Å². The molecule has 2 unspecified atom stereocenters. The summed E-state index contributed by atoms with van der Waals surface area (Å²) < 4.78 is 1.98. The van der Waals surface area contributed by atoms with Gasteiger partial charge in [0.2, 0.25) is 0 Å². The van der Waals surface area contributed by atoms with Crippen LogP contribution in [0.15, 0.2) is 35.3 Å². The van der Waals surface area contributed by atoms with Crippen LogP contribution in [0.3, 0.4) is 0 Å². The zero-order valence-corrected chi connectivity index (χ0v) is 20.8. The number of hydrogen-bond acceptors (Lipinski definition) is 3. The maximum atomic E-state index is 4.79. The van der Waals surface area contributed by atoms with Gasteiger partial charge < -0.3 is 15.2 Å². The molecule has 0 aliphatic heterocycles. The predicted molar refractivity (Wildman–Crippen MR) is 132 cm³/mol. The van der Waals surface area contributed by atoms with E-state index in [2.05, 4.69) is 65.9 Å². The Hall–Kier alpha value is -1.64. The SMILES string of the molecule is CCCCC(CC)CNC(=NCc1nnc(C)n1C)NC(C)c1ccccc1.I. The number of guanidine groups is 1.